The first kappa shape index (κ1) is 17.8. The Balaban J connectivity index is 2.54. The lowest BCUT2D eigenvalue weighted by Crippen LogP contribution is -2.38. The zero-order chi connectivity index (χ0) is 16.0. The molecule has 0 aliphatic rings. The standard InChI is InChI=1S/C15H23NO4S/c1-15(2,3)20-14(19)16-8-12(17)13(18)11-6-4-5-10(7-11)9-21/h4-7,12-13,17-18,21H,8-9H2,1-3H3,(H,16,19). The van der Waals surface area contributed by atoms with Gasteiger partial charge in [-0.05, 0) is 31.9 Å². The summed E-state index contributed by atoms with van der Waals surface area (Å²) < 4.78 is 5.06. The molecule has 2 unspecified atom stereocenters. The second-order valence-corrected chi connectivity index (χ2v) is 6.11. The van der Waals surface area contributed by atoms with Crippen LogP contribution in [0.3, 0.4) is 0 Å². The fourth-order valence-electron chi connectivity index (χ4n) is 1.71. The summed E-state index contributed by atoms with van der Waals surface area (Å²) in [7, 11) is 0. The molecule has 0 radical (unpaired) electrons. The molecule has 0 saturated heterocycles. The molecule has 2 atom stereocenters. The fraction of sp³-hybridized carbons (Fsp3) is 0.533. The van der Waals surface area contributed by atoms with Crippen LogP contribution in [0.4, 0.5) is 4.79 Å². The molecule has 1 amide bonds. The Bertz CT molecular complexity index is 473. The largest absolute Gasteiger partial charge is 0.444 e. The summed E-state index contributed by atoms with van der Waals surface area (Å²) in [5.41, 5.74) is 0.927. The Morgan fingerprint density at radius 2 is 2.05 bits per heavy atom. The molecule has 0 aliphatic carbocycles. The van der Waals surface area contributed by atoms with Crippen LogP contribution < -0.4 is 5.32 Å². The van der Waals surface area contributed by atoms with Crippen molar-refractivity contribution in [3.63, 3.8) is 0 Å². The van der Waals surface area contributed by atoms with Crippen LogP contribution in [-0.4, -0.2) is 34.6 Å². The smallest absolute Gasteiger partial charge is 0.407 e. The van der Waals surface area contributed by atoms with Gasteiger partial charge in [-0.15, -0.1) is 0 Å². The molecule has 5 nitrogen and oxygen atoms in total. The van der Waals surface area contributed by atoms with E-state index in [1.54, 1.807) is 39.0 Å². The minimum atomic E-state index is -1.12. The van der Waals surface area contributed by atoms with Crippen LogP contribution in [0.25, 0.3) is 0 Å². The number of rotatable bonds is 5. The van der Waals surface area contributed by atoms with Crippen LogP contribution in [0, 0.1) is 0 Å². The first-order valence-electron chi connectivity index (χ1n) is 6.75. The number of amides is 1. The van der Waals surface area contributed by atoms with E-state index in [2.05, 4.69) is 17.9 Å². The lowest BCUT2D eigenvalue weighted by molar-refractivity contribution is 0.0129. The maximum atomic E-state index is 11.5. The second-order valence-electron chi connectivity index (χ2n) is 5.80. The predicted octanol–water partition coefficient (Wildman–Crippen LogP) is 2.04. The average Bonchev–Trinajstić information content (AvgIpc) is 2.42. The SMILES string of the molecule is CC(C)(C)OC(=O)NCC(O)C(O)c1cccc(CS)c1. The number of benzene rings is 1. The van der Waals surface area contributed by atoms with E-state index in [4.69, 9.17) is 4.74 Å². The fourth-order valence-corrected chi connectivity index (χ4v) is 1.91. The van der Waals surface area contributed by atoms with E-state index in [0.29, 0.717) is 11.3 Å². The molecule has 118 valence electrons. The molecule has 0 aromatic heterocycles. The number of carbonyl (C=O) groups is 1. The maximum Gasteiger partial charge on any atom is 0.407 e. The van der Waals surface area contributed by atoms with E-state index in [1.165, 1.54) is 0 Å². The summed E-state index contributed by atoms with van der Waals surface area (Å²) in [4.78, 5) is 11.5. The van der Waals surface area contributed by atoms with Gasteiger partial charge in [0.2, 0.25) is 0 Å². The zero-order valence-corrected chi connectivity index (χ0v) is 13.4. The molecule has 0 fully saturated rings. The number of alkyl carbamates (subject to hydrolysis) is 1. The highest BCUT2D eigenvalue weighted by Crippen LogP contribution is 2.19. The van der Waals surface area contributed by atoms with Gasteiger partial charge in [0.05, 0.1) is 0 Å². The van der Waals surface area contributed by atoms with Gasteiger partial charge in [-0.1, -0.05) is 24.3 Å². The van der Waals surface area contributed by atoms with E-state index in [9.17, 15) is 15.0 Å². The van der Waals surface area contributed by atoms with Gasteiger partial charge in [-0.2, -0.15) is 12.6 Å². The van der Waals surface area contributed by atoms with E-state index >= 15 is 0 Å². The lowest BCUT2D eigenvalue weighted by atomic mass is 10.0. The van der Waals surface area contributed by atoms with Crippen molar-refractivity contribution in [2.24, 2.45) is 0 Å². The van der Waals surface area contributed by atoms with Crippen LogP contribution in [0.1, 0.15) is 38.0 Å². The first-order valence-corrected chi connectivity index (χ1v) is 7.39. The Labute approximate surface area is 130 Å². The third-order valence-electron chi connectivity index (χ3n) is 2.69. The number of thiol groups is 1. The van der Waals surface area contributed by atoms with Gasteiger partial charge < -0.3 is 20.3 Å². The molecule has 0 bridgehead atoms. The summed E-state index contributed by atoms with van der Waals surface area (Å²) in [5, 5.41) is 22.5. The van der Waals surface area contributed by atoms with Gasteiger partial charge in [-0.25, -0.2) is 4.79 Å². The number of ether oxygens (including phenoxy) is 1. The van der Waals surface area contributed by atoms with Crippen LogP contribution in [0.5, 0.6) is 0 Å². The van der Waals surface area contributed by atoms with Crippen molar-refractivity contribution in [2.45, 2.75) is 44.3 Å². The monoisotopic (exact) mass is 313 g/mol. The van der Waals surface area contributed by atoms with Crippen LogP contribution in [0.2, 0.25) is 0 Å². The highest BCUT2D eigenvalue weighted by Gasteiger charge is 2.21. The van der Waals surface area contributed by atoms with Gasteiger partial charge >= 0.3 is 6.09 Å². The predicted molar refractivity (Wildman–Crippen MR) is 84.3 cm³/mol. The molecule has 1 aromatic carbocycles. The van der Waals surface area contributed by atoms with Gasteiger partial charge in [0.1, 0.15) is 17.8 Å². The molecule has 0 spiro atoms. The summed E-state index contributed by atoms with van der Waals surface area (Å²) in [5.74, 6) is 0.548. The normalized spacial score (nSPS) is 14.4. The van der Waals surface area contributed by atoms with E-state index in [1.807, 2.05) is 6.07 Å². The molecular weight excluding hydrogens is 290 g/mol. The van der Waals surface area contributed by atoms with Crippen LogP contribution in [-0.2, 0) is 10.5 Å². The number of hydrogen-bond acceptors (Lipinski definition) is 5. The average molecular weight is 313 g/mol. The quantitative estimate of drug-likeness (QED) is 0.627. The molecule has 0 saturated carbocycles. The Kier molecular flexibility index (Phi) is 6.51. The molecular formula is C15H23NO4S. The number of hydrogen-bond donors (Lipinski definition) is 4. The summed E-state index contributed by atoms with van der Waals surface area (Å²) >= 11 is 4.17. The molecule has 6 heteroatoms. The van der Waals surface area contributed by atoms with Crippen molar-refractivity contribution < 1.29 is 19.7 Å². The second kappa shape index (κ2) is 7.68. The van der Waals surface area contributed by atoms with E-state index in [0.717, 1.165) is 5.56 Å². The summed E-state index contributed by atoms with van der Waals surface area (Å²) in [6, 6.07) is 7.16. The first-order chi connectivity index (χ1) is 9.73. The lowest BCUT2D eigenvalue weighted by Gasteiger charge is -2.22. The minimum absolute atomic E-state index is 0.0960. The van der Waals surface area contributed by atoms with Crippen molar-refractivity contribution in [2.75, 3.05) is 6.54 Å². The third kappa shape index (κ3) is 6.37. The van der Waals surface area contributed by atoms with Crippen molar-refractivity contribution in [1.82, 2.24) is 5.32 Å². The topological polar surface area (TPSA) is 78.8 Å². The Hall–Kier alpha value is -1.24. The van der Waals surface area contributed by atoms with Crippen molar-refractivity contribution in [3.8, 4) is 0 Å². The van der Waals surface area contributed by atoms with Gasteiger partial charge in [-0.3, -0.25) is 0 Å². The molecule has 1 rings (SSSR count). The summed E-state index contributed by atoms with van der Waals surface area (Å²) in [6.45, 7) is 5.16. The van der Waals surface area contributed by atoms with Crippen molar-refractivity contribution >= 4 is 18.7 Å². The van der Waals surface area contributed by atoms with E-state index < -0.39 is 23.9 Å². The highest BCUT2D eigenvalue weighted by atomic mass is 32.1. The van der Waals surface area contributed by atoms with Crippen molar-refractivity contribution in [3.05, 3.63) is 35.4 Å². The number of carbonyl (C=O) groups excluding carboxylic acids is 1. The van der Waals surface area contributed by atoms with Crippen molar-refractivity contribution in [1.29, 1.82) is 0 Å². The van der Waals surface area contributed by atoms with E-state index in [-0.39, 0.29) is 6.54 Å². The molecule has 0 aliphatic heterocycles. The number of aliphatic hydroxyl groups excluding tert-OH is 2. The molecule has 3 N–H and O–H groups in total. The zero-order valence-electron chi connectivity index (χ0n) is 12.5. The Morgan fingerprint density at radius 1 is 1.38 bits per heavy atom. The molecule has 0 heterocycles. The maximum absolute atomic E-state index is 11.5. The molecule has 1 aromatic rings. The third-order valence-corrected chi connectivity index (χ3v) is 3.06. The minimum Gasteiger partial charge on any atom is -0.444 e. The van der Waals surface area contributed by atoms with Gasteiger partial charge in [0.25, 0.3) is 0 Å². The van der Waals surface area contributed by atoms with Gasteiger partial charge in [0.15, 0.2) is 0 Å². The number of aliphatic hydroxyl groups is 2. The Morgan fingerprint density at radius 3 is 2.62 bits per heavy atom. The summed E-state index contributed by atoms with van der Waals surface area (Å²) in [6.07, 6.45) is -2.83. The van der Waals surface area contributed by atoms with Crippen LogP contribution >= 0.6 is 12.6 Å². The number of nitrogens with one attached hydrogen (secondary N) is 1. The molecule has 21 heavy (non-hydrogen) atoms. The van der Waals surface area contributed by atoms with Crippen LogP contribution in [0.15, 0.2) is 24.3 Å². The highest BCUT2D eigenvalue weighted by molar-refractivity contribution is 7.79. The van der Waals surface area contributed by atoms with Gasteiger partial charge in [0, 0.05) is 12.3 Å².